The summed E-state index contributed by atoms with van der Waals surface area (Å²) in [6.45, 7) is 2.17. The largest absolute Gasteiger partial charge is 0.368 e. The molecule has 0 amide bonds. The Morgan fingerprint density at radius 3 is 2.90 bits per heavy atom. The maximum absolute atomic E-state index is 11.0. The summed E-state index contributed by atoms with van der Waals surface area (Å²) in [6, 6.07) is 0. The van der Waals surface area contributed by atoms with E-state index in [2.05, 4.69) is 5.32 Å². The molecule has 4 heteroatoms. The number of rotatable bonds is 0. The Bertz CT molecular complexity index is 133. The summed E-state index contributed by atoms with van der Waals surface area (Å²) in [6.07, 6.45) is -0.122. The van der Waals surface area contributed by atoms with Crippen LogP contribution >= 0.6 is 12.4 Å². The van der Waals surface area contributed by atoms with Crippen LogP contribution in [0.3, 0.4) is 0 Å². The second kappa shape index (κ2) is 2.86. The van der Waals surface area contributed by atoms with E-state index < -0.39 is 0 Å². The number of carbonyl (C=O) groups is 1. The van der Waals surface area contributed by atoms with Crippen molar-refractivity contribution in [1.82, 2.24) is 5.32 Å². The Balaban J connectivity index is 0.000000500. The Morgan fingerprint density at radius 1 is 1.50 bits per heavy atom. The number of halogens is 1. The van der Waals surface area contributed by atoms with E-state index in [1.54, 1.807) is 0 Å². The van der Waals surface area contributed by atoms with Crippen LogP contribution in [0.15, 0.2) is 0 Å². The zero-order chi connectivity index (χ0) is 6.27. The smallest absolute Gasteiger partial charge is 0.169 e. The van der Waals surface area contributed by atoms with Crippen LogP contribution in [0.2, 0.25) is 0 Å². The van der Waals surface area contributed by atoms with E-state index >= 15 is 0 Å². The van der Waals surface area contributed by atoms with Crippen LogP contribution in [0.4, 0.5) is 0 Å². The number of fused-ring (bicyclic) bond motifs is 2. The Kier molecular flexibility index (Phi) is 2.28. The third-order valence-corrected chi connectivity index (χ3v) is 1.94. The molecule has 0 aromatic heterocycles. The molecule has 58 valence electrons. The first-order valence-corrected chi connectivity index (χ1v) is 3.24. The standard InChI is InChI=1S/C6H9NO2.ClH/c8-6-4-1-7-2-5(6)9-3-4;/h4-5,7H,1-3H2;1H/t4-,5-;/m1./s1. The van der Waals surface area contributed by atoms with Crippen molar-refractivity contribution in [2.75, 3.05) is 19.7 Å². The minimum atomic E-state index is -0.122. The second-order valence-electron chi connectivity index (χ2n) is 2.58. The van der Waals surface area contributed by atoms with E-state index in [1.807, 2.05) is 0 Å². The highest BCUT2D eigenvalue weighted by Crippen LogP contribution is 2.17. The van der Waals surface area contributed by atoms with E-state index in [-0.39, 0.29) is 24.4 Å². The first kappa shape index (κ1) is 7.98. The summed E-state index contributed by atoms with van der Waals surface area (Å²) in [5, 5.41) is 3.13. The zero-order valence-electron chi connectivity index (χ0n) is 5.50. The van der Waals surface area contributed by atoms with Gasteiger partial charge >= 0.3 is 0 Å². The number of hydrogen-bond donors (Lipinski definition) is 1. The number of ketones is 1. The third kappa shape index (κ3) is 1.05. The van der Waals surface area contributed by atoms with E-state index in [1.165, 1.54) is 0 Å². The molecule has 2 fully saturated rings. The van der Waals surface area contributed by atoms with Gasteiger partial charge in [-0.1, -0.05) is 0 Å². The van der Waals surface area contributed by atoms with Gasteiger partial charge in [-0.2, -0.15) is 0 Å². The summed E-state index contributed by atoms with van der Waals surface area (Å²) in [7, 11) is 0. The molecule has 2 saturated heterocycles. The highest BCUT2D eigenvalue weighted by molar-refractivity contribution is 5.88. The maximum atomic E-state index is 11.0. The number of ether oxygens (including phenoxy) is 1. The molecule has 2 aliphatic heterocycles. The van der Waals surface area contributed by atoms with Gasteiger partial charge in [0, 0.05) is 13.1 Å². The second-order valence-corrected chi connectivity index (χ2v) is 2.58. The van der Waals surface area contributed by atoms with Gasteiger partial charge in [-0.05, 0) is 0 Å². The lowest BCUT2D eigenvalue weighted by Crippen LogP contribution is -2.42. The van der Waals surface area contributed by atoms with Gasteiger partial charge in [0.2, 0.25) is 0 Å². The number of Topliss-reactive ketones (excluding diaryl/α,β-unsaturated/α-hetero) is 1. The van der Waals surface area contributed by atoms with Gasteiger partial charge in [-0.25, -0.2) is 0 Å². The molecule has 0 aliphatic carbocycles. The van der Waals surface area contributed by atoms with E-state index in [4.69, 9.17) is 4.74 Å². The van der Waals surface area contributed by atoms with E-state index in [0.29, 0.717) is 12.4 Å². The molecule has 0 unspecified atom stereocenters. The monoisotopic (exact) mass is 163 g/mol. The highest BCUT2D eigenvalue weighted by atomic mass is 35.5. The molecule has 2 bridgehead atoms. The maximum Gasteiger partial charge on any atom is 0.169 e. The van der Waals surface area contributed by atoms with E-state index in [9.17, 15) is 4.79 Å². The number of nitrogens with one attached hydrogen (secondary N) is 1. The summed E-state index contributed by atoms with van der Waals surface area (Å²) in [5.74, 6) is 0.456. The number of carbonyl (C=O) groups excluding carboxylic acids is 1. The fourth-order valence-electron chi connectivity index (χ4n) is 1.37. The molecule has 0 radical (unpaired) electrons. The summed E-state index contributed by atoms with van der Waals surface area (Å²) in [5.41, 5.74) is 0. The fraction of sp³-hybridized carbons (Fsp3) is 0.833. The molecular formula is C6H10ClNO2. The molecule has 2 heterocycles. The minimum absolute atomic E-state index is 0. The first-order chi connectivity index (χ1) is 4.38. The van der Waals surface area contributed by atoms with Crippen LogP contribution < -0.4 is 5.32 Å². The average molecular weight is 164 g/mol. The number of piperidine rings is 1. The minimum Gasteiger partial charge on any atom is -0.368 e. The van der Waals surface area contributed by atoms with Crippen LogP contribution in [0.5, 0.6) is 0 Å². The summed E-state index contributed by atoms with van der Waals surface area (Å²) < 4.78 is 5.18. The van der Waals surface area contributed by atoms with Crippen LogP contribution in [0.1, 0.15) is 0 Å². The molecule has 2 atom stereocenters. The van der Waals surface area contributed by atoms with Crippen molar-refractivity contribution in [1.29, 1.82) is 0 Å². The van der Waals surface area contributed by atoms with Crippen LogP contribution in [-0.4, -0.2) is 31.6 Å². The molecule has 10 heavy (non-hydrogen) atoms. The van der Waals surface area contributed by atoms with Crippen LogP contribution in [0.25, 0.3) is 0 Å². The Morgan fingerprint density at radius 2 is 2.30 bits per heavy atom. The molecule has 0 saturated carbocycles. The van der Waals surface area contributed by atoms with Crippen LogP contribution in [-0.2, 0) is 9.53 Å². The van der Waals surface area contributed by atoms with Gasteiger partial charge in [-0.15, -0.1) is 12.4 Å². The van der Waals surface area contributed by atoms with Gasteiger partial charge in [0.1, 0.15) is 6.10 Å². The summed E-state index contributed by atoms with van der Waals surface area (Å²) in [4.78, 5) is 11.0. The zero-order valence-corrected chi connectivity index (χ0v) is 6.32. The van der Waals surface area contributed by atoms with E-state index in [0.717, 1.165) is 13.1 Å². The van der Waals surface area contributed by atoms with Crippen molar-refractivity contribution in [2.45, 2.75) is 6.10 Å². The molecule has 0 aromatic rings. The van der Waals surface area contributed by atoms with Crippen molar-refractivity contribution in [3.8, 4) is 0 Å². The van der Waals surface area contributed by atoms with Gasteiger partial charge < -0.3 is 10.1 Å². The van der Waals surface area contributed by atoms with Crippen molar-refractivity contribution in [2.24, 2.45) is 5.92 Å². The quantitative estimate of drug-likeness (QED) is 0.528. The lowest BCUT2D eigenvalue weighted by atomic mass is 10.0. The SMILES string of the molecule is Cl.O=C1[C@@H]2CNC[C@H]1OC2. The molecule has 3 nitrogen and oxygen atoms in total. The molecule has 1 N–H and O–H groups in total. The third-order valence-electron chi connectivity index (χ3n) is 1.94. The van der Waals surface area contributed by atoms with Crippen LogP contribution in [0, 0.1) is 5.92 Å². The predicted molar refractivity (Wildman–Crippen MR) is 38.4 cm³/mol. The molecule has 2 aliphatic rings. The van der Waals surface area contributed by atoms with Gasteiger partial charge in [0.05, 0.1) is 12.5 Å². The fourth-order valence-corrected chi connectivity index (χ4v) is 1.37. The molecular weight excluding hydrogens is 154 g/mol. The molecule has 2 rings (SSSR count). The van der Waals surface area contributed by atoms with Crippen molar-refractivity contribution in [3.05, 3.63) is 0 Å². The highest BCUT2D eigenvalue weighted by Gasteiger charge is 2.37. The lowest BCUT2D eigenvalue weighted by Gasteiger charge is -2.15. The van der Waals surface area contributed by atoms with Gasteiger partial charge in [0.25, 0.3) is 0 Å². The van der Waals surface area contributed by atoms with Gasteiger partial charge in [-0.3, -0.25) is 4.79 Å². The molecule has 0 spiro atoms. The van der Waals surface area contributed by atoms with Crippen molar-refractivity contribution in [3.63, 3.8) is 0 Å². The van der Waals surface area contributed by atoms with Gasteiger partial charge in [0.15, 0.2) is 5.78 Å². The average Bonchev–Trinajstić information content (AvgIpc) is 2.19. The Labute approximate surface area is 65.5 Å². The molecule has 0 aromatic carbocycles. The lowest BCUT2D eigenvalue weighted by molar-refractivity contribution is -0.125. The van der Waals surface area contributed by atoms with Crippen molar-refractivity contribution >= 4 is 18.2 Å². The first-order valence-electron chi connectivity index (χ1n) is 3.24. The van der Waals surface area contributed by atoms with Crippen molar-refractivity contribution < 1.29 is 9.53 Å². The topological polar surface area (TPSA) is 38.3 Å². The summed E-state index contributed by atoms with van der Waals surface area (Å²) >= 11 is 0. The number of hydrogen-bond acceptors (Lipinski definition) is 3. The predicted octanol–water partition coefficient (Wildman–Crippen LogP) is -0.405. The normalized spacial score (nSPS) is 37.4. The Hall–Kier alpha value is -0.120.